The van der Waals surface area contributed by atoms with Gasteiger partial charge in [-0.1, -0.05) is 22.8 Å². The predicted molar refractivity (Wildman–Crippen MR) is 78.0 cm³/mol. The van der Waals surface area contributed by atoms with Gasteiger partial charge in [-0.05, 0) is 31.5 Å². The van der Waals surface area contributed by atoms with Crippen LogP contribution in [-0.2, 0) is 16.6 Å². The molecule has 6 nitrogen and oxygen atoms in total. The Morgan fingerprint density at radius 3 is 2.62 bits per heavy atom. The zero-order valence-corrected chi connectivity index (χ0v) is 13.4. The van der Waals surface area contributed by atoms with E-state index in [1.165, 1.54) is 7.11 Å². The maximum Gasteiger partial charge on any atom is 0.246 e. The van der Waals surface area contributed by atoms with E-state index in [1.807, 2.05) is 0 Å². The standard InChI is InChI=1S/C13H15ClN2O4S/c1-8-13(9(2)20-16-8)21(17,18)15-7-10-4-5-11(19-3)6-12(10)14/h4-6,15H,7H2,1-3H3. The van der Waals surface area contributed by atoms with Crippen molar-refractivity contribution in [3.05, 3.63) is 40.2 Å². The molecular weight excluding hydrogens is 316 g/mol. The van der Waals surface area contributed by atoms with Gasteiger partial charge in [0.2, 0.25) is 10.0 Å². The van der Waals surface area contributed by atoms with Gasteiger partial charge in [0.25, 0.3) is 0 Å². The SMILES string of the molecule is COc1ccc(CNS(=O)(=O)c2c(C)noc2C)c(Cl)c1. The Kier molecular flexibility index (Phi) is 4.55. The van der Waals surface area contributed by atoms with Gasteiger partial charge in [-0.2, -0.15) is 0 Å². The Morgan fingerprint density at radius 2 is 2.10 bits per heavy atom. The van der Waals surface area contributed by atoms with Gasteiger partial charge in [0.05, 0.1) is 7.11 Å². The lowest BCUT2D eigenvalue weighted by atomic mass is 10.2. The van der Waals surface area contributed by atoms with Crippen LogP contribution in [0.2, 0.25) is 5.02 Å². The van der Waals surface area contributed by atoms with E-state index in [4.69, 9.17) is 20.9 Å². The molecule has 1 N–H and O–H groups in total. The summed E-state index contributed by atoms with van der Waals surface area (Å²) in [6.07, 6.45) is 0. The molecule has 0 aliphatic rings. The third kappa shape index (κ3) is 3.37. The lowest BCUT2D eigenvalue weighted by molar-refractivity contribution is 0.390. The van der Waals surface area contributed by atoms with Crippen LogP contribution in [0.15, 0.2) is 27.6 Å². The number of benzene rings is 1. The molecule has 2 aromatic rings. The summed E-state index contributed by atoms with van der Waals surface area (Å²) in [5, 5.41) is 4.07. The number of sulfonamides is 1. The molecule has 114 valence electrons. The summed E-state index contributed by atoms with van der Waals surface area (Å²) in [5.41, 5.74) is 0.966. The van der Waals surface area contributed by atoms with E-state index in [1.54, 1.807) is 32.0 Å². The van der Waals surface area contributed by atoms with Crippen molar-refractivity contribution in [3.63, 3.8) is 0 Å². The van der Waals surface area contributed by atoms with Crippen molar-refractivity contribution in [1.29, 1.82) is 0 Å². The fraction of sp³-hybridized carbons (Fsp3) is 0.308. The fourth-order valence-electron chi connectivity index (χ4n) is 1.90. The summed E-state index contributed by atoms with van der Waals surface area (Å²) in [5.74, 6) is 0.859. The molecule has 1 aromatic heterocycles. The number of nitrogens with one attached hydrogen (secondary N) is 1. The Labute approximate surface area is 128 Å². The van der Waals surface area contributed by atoms with Crippen LogP contribution in [0.1, 0.15) is 17.0 Å². The fourth-order valence-corrected chi connectivity index (χ4v) is 3.47. The minimum absolute atomic E-state index is 0.0622. The molecule has 0 saturated carbocycles. The number of rotatable bonds is 5. The van der Waals surface area contributed by atoms with Crippen LogP contribution in [0.5, 0.6) is 5.75 Å². The van der Waals surface area contributed by atoms with Gasteiger partial charge in [0, 0.05) is 11.6 Å². The van der Waals surface area contributed by atoms with Crippen molar-refractivity contribution >= 4 is 21.6 Å². The highest BCUT2D eigenvalue weighted by Crippen LogP contribution is 2.23. The zero-order chi connectivity index (χ0) is 15.6. The Hall–Kier alpha value is -1.57. The first-order chi connectivity index (χ1) is 9.85. The van der Waals surface area contributed by atoms with Crippen LogP contribution in [0, 0.1) is 13.8 Å². The number of halogens is 1. The average molecular weight is 331 g/mol. The Balaban J connectivity index is 2.20. The maximum absolute atomic E-state index is 12.3. The summed E-state index contributed by atoms with van der Waals surface area (Å²) < 4.78 is 36.9. The van der Waals surface area contributed by atoms with E-state index in [9.17, 15) is 8.42 Å². The quantitative estimate of drug-likeness (QED) is 0.910. The highest BCUT2D eigenvalue weighted by Gasteiger charge is 2.24. The third-order valence-electron chi connectivity index (χ3n) is 2.95. The summed E-state index contributed by atoms with van der Waals surface area (Å²) in [6, 6.07) is 5.05. The summed E-state index contributed by atoms with van der Waals surface area (Å²) in [6.45, 7) is 3.19. The monoisotopic (exact) mass is 330 g/mol. The molecule has 2 rings (SSSR count). The van der Waals surface area contributed by atoms with Crippen LogP contribution in [0.4, 0.5) is 0 Å². The second kappa shape index (κ2) is 6.05. The van der Waals surface area contributed by atoms with E-state index in [0.29, 0.717) is 22.0 Å². The van der Waals surface area contributed by atoms with E-state index >= 15 is 0 Å². The lowest BCUT2D eigenvalue weighted by Gasteiger charge is -2.09. The first-order valence-electron chi connectivity index (χ1n) is 6.10. The molecule has 0 saturated heterocycles. The Morgan fingerprint density at radius 1 is 1.38 bits per heavy atom. The molecule has 1 heterocycles. The predicted octanol–water partition coefficient (Wildman–Crippen LogP) is 2.43. The summed E-state index contributed by atoms with van der Waals surface area (Å²) in [4.78, 5) is 0.0622. The summed E-state index contributed by atoms with van der Waals surface area (Å²) >= 11 is 6.08. The smallest absolute Gasteiger partial charge is 0.246 e. The molecule has 0 atom stereocenters. The maximum atomic E-state index is 12.3. The van der Waals surface area contributed by atoms with Crippen molar-refractivity contribution < 1.29 is 17.7 Å². The molecule has 0 fully saturated rings. The van der Waals surface area contributed by atoms with E-state index in [-0.39, 0.29) is 17.2 Å². The first kappa shape index (κ1) is 15.8. The number of hydrogen-bond donors (Lipinski definition) is 1. The number of aryl methyl sites for hydroxylation is 2. The zero-order valence-electron chi connectivity index (χ0n) is 11.8. The third-order valence-corrected chi connectivity index (χ3v) is 4.95. The molecule has 1 aromatic carbocycles. The highest BCUT2D eigenvalue weighted by atomic mass is 35.5. The minimum atomic E-state index is -3.71. The van der Waals surface area contributed by atoms with E-state index in [2.05, 4.69) is 9.88 Å². The van der Waals surface area contributed by atoms with Gasteiger partial charge in [0.1, 0.15) is 16.3 Å². The van der Waals surface area contributed by atoms with Crippen molar-refractivity contribution in [2.24, 2.45) is 0 Å². The molecule has 8 heteroatoms. The van der Waals surface area contributed by atoms with Crippen molar-refractivity contribution in [2.75, 3.05) is 7.11 Å². The molecule has 21 heavy (non-hydrogen) atoms. The normalized spacial score (nSPS) is 11.6. The van der Waals surface area contributed by atoms with Gasteiger partial charge in [0.15, 0.2) is 5.76 Å². The number of methoxy groups -OCH3 is 1. The van der Waals surface area contributed by atoms with Gasteiger partial charge < -0.3 is 9.26 Å². The van der Waals surface area contributed by atoms with Crippen molar-refractivity contribution in [1.82, 2.24) is 9.88 Å². The molecule has 0 aliphatic carbocycles. The molecular formula is C13H15ClN2O4S. The van der Waals surface area contributed by atoms with Crippen molar-refractivity contribution in [3.8, 4) is 5.75 Å². The van der Waals surface area contributed by atoms with Gasteiger partial charge >= 0.3 is 0 Å². The second-order valence-electron chi connectivity index (χ2n) is 4.44. The molecule has 0 radical (unpaired) electrons. The minimum Gasteiger partial charge on any atom is -0.497 e. The van der Waals surface area contributed by atoms with Crippen LogP contribution in [0.25, 0.3) is 0 Å². The van der Waals surface area contributed by atoms with Crippen LogP contribution >= 0.6 is 11.6 Å². The molecule has 0 aliphatic heterocycles. The number of hydrogen-bond acceptors (Lipinski definition) is 5. The van der Waals surface area contributed by atoms with Gasteiger partial charge in [-0.15, -0.1) is 0 Å². The number of nitrogens with zero attached hydrogens (tertiary/aromatic N) is 1. The van der Waals surface area contributed by atoms with E-state index < -0.39 is 10.0 Å². The molecule has 0 unspecified atom stereocenters. The van der Waals surface area contributed by atoms with Gasteiger partial charge in [-0.3, -0.25) is 0 Å². The summed E-state index contributed by atoms with van der Waals surface area (Å²) in [7, 11) is -2.17. The largest absolute Gasteiger partial charge is 0.497 e. The van der Waals surface area contributed by atoms with Crippen LogP contribution in [-0.4, -0.2) is 20.7 Å². The second-order valence-corrected chi connectivity index (χ2v) is 6.55. The van der Waals surface area contributed by atoms with E-state index in [0.717, 1.165) is 0 Å². The molecule has 0 bridgehead atoms. The average Bonchev–Trinajstić information content (AvgIpc) is 2.77. The van der Waals surface area contributed by atoms with Crippen LogP contribution < -0.4 is 9.46 Å². The number of ether oxygens (including phenoxy) is 1. The van der Waals surface area contributed by atoms with Gasteiger partial charge in [-0.25, -0.2) is 13.1 Å². The first-order valence-corrected chi connectivity index (χ1v) is 7.96. The highest BCUT2D eigenvalue weighted by molar-refractivity contribution is 7.89. The topological polar surface area (TPSA) is 81.4 Å². The molecule has 0 amide bonds. The van der Waals surface area contributed by atoms with Crippen LogP contribution in [0.3, 0.4) is 0 Å². The van der Waals surface area contributed by atoms with Crippen molar-refractivity contribution in [2.45, 2.75) is 25.3 Å². The lowest BCUT2D eigenvalue weighted by Crippen LogP contribution is -2.24. The Bertz CT molecular complexity index is 736. The molecule has 0 spiro atoms. The number of aromatic nitrogens is 1.